The molecular formula is C17H24ClNO. The zero-order valence-corrected chi connectivity index (χ0v) is 12.8. The zero-order valence-electron chi connectivity index (χ0n) is 12.1. The standard InChI is InChI=1S/C17H24ClNO/c18-16-10-14-7-9-20-17(14)15(11-16)12-19-8-6-13-4-2-1-3-5-13/h10-11,13,19H,1-9,12H2. The molecule has 1 aliphatic heterocycles. The SMILES string of the molecule is Clc1cc2c(c(CNCCC3CCCCC3)c1)OCC2. The molecule has 0 aromatic heterocycles. The Balaban J connectivity index is 1.49. The molecule has 0 amide bonds. The molecule has 1 saturated carbocycles. The second-order valence-electron chi connectivity index (χ2n) is 6.12. The second kappa shape index (κ2) is 6.82. The highest BCUT2D eigenvalue weighted by Crippen LogP contribution is 2.32. The van der Waals surface area contributed by atoms with E-state index in [1.54, 1.807) is 0 Å². The first-order valence-corrected chi connectivity index (χ1v) is 8.35. The molecule has 1 aromatic carbocycles. The fraction of sp³-hybridized carbons (Fsp3) is 0.647. The van der Waals surface area contributed by atoms with Gasteiger partial charge in [-0.2, -0.15) is 0 Å². The Kier molecular flexibility index (Phi) is 4.85. The van der Waals surface area contributed by atoms with E-state index in [4.69, 9.17) is 16.3 Å². The zero-order chi connectivity index (χ0) is 13.8. The van der Waals surface area contributed by atoms with Crippen molar-refractivity contribution in [3.8, 4) is 5.75 Å². The number of rotatable bonds is 5. The van der Waals surface area contributed by atoms with Crippen molar-refractivity contribution in [3.63, 3.8) is 0 Å². The average molecular weight is 294 g/mol. The Bertz CT molecular complexity index is 455. The van der Waals surface area contributed by atoms with Crippen molar-refractivity contribution < 1.29 is 4.74 Å². The number of benzene rings is 1. The quantitative estimate of drug-likeness (QED) is 0.816. The molecule has 0 unspecified atom stereocenters. The van der Waals surface area contributed by atoms with Crippen LogP contribution in [0.3, 0.4) is 0 Å². The Morgan fingerprint density at radius 1 is 1.20 bits per heavy atom. The molecule has 0 bridgehead atoms. The highest BCUT2D eigenvalue weighted by Gasteiger charge is 2.17. The molecule has 3 heteroatoms. The van der Waals surface area contributed by atoms with Crippen LogP contribution in [0.5, 0.6) is 5.75 Å². The normalized spacial score (nSPS) is 18.9. The molecule has 0 saturated heterocycles. The maximum absolute atomic E-state index is 6.18. The van der Waals surface area contributed by atoms with Crippen LogP contribution in [0, 0.1) is 5.92 Å². The van der Waals surface area contributed by atoms with E-state index in [0.717, 1.165) is 42.8 Å². The monoisotopic (exact) mass is 293 g/mol. The maximum Gasteiger partial charge on any atom is 0.127 e. The van der Waals surface area contributed by atoms with Crippen LogP contribution >= 0.6 is 11.6 Å². The number of nitrogens with one attached hydrogen (secondary N) is 1. The minimum absolute atomic E-state index is 0.796. The molecule has 3 rings (SSSR count). The van der Waals surface area contributed by atoms with Crippen molar-refractivity contribution in [1.29, 1.82) is 0 Å². The molecule has 1 heterocycles. The van der Waals surface area contributed by atoms with E-state index in [0.29, 0.717) is 0 Å². The summed E-state index contributed by atoms with van der Waals surface area (Å²) in [5.41, 5.74) is 2.48. The van der Waals surface area contributed by atoms with E-state index in [-0.39, 0.29) is 0 Å². The molecule has 0 radical (unpaired) electrons. The Morgan fingerprint density at radius 2 is 2.05 bits per heavy atom. The van der Waals surface area contributed by atoms with E-state index in [9.17, 15) is 0 Å². The number of fused-ring (bicyclic) bond motifs is 1. The largest absolute Gasteiger partial charge is 0.493 e. The van der Waals surface area contributed by atoms with Crippen LogP contribution in [-0.2, 0) is 13.0 Å². The van der Waals surface area contributed by atoms with Gasteiger partial charge < -0.3 is 10.1 Å². The van der Waals surface area contributed by atoms with Crippen LogP contribution in [0.2, 0.25) is 5.02 Å². The lowest BCUT2D eigenvalue weighted by atomic mass is 9.87. The van der Waals surface area contributed by atoms with Gasteiger partial charge in [-0.25, -0.2) is 0 Å². The van der Waals surface area contributed by atoms with Gasteiger partial charge in [-0.15, -0.1) is 0 Å². The number of ether oxygens (including phenoxy) is 1. The van der Waals surface area contributed by atoms with Gasteiger partial charge in [-0.1, -0.05) is 43.7 Å². The summed E-state index contributed by atoms with van der Waals surface area (Å²) in [6, 6.07) is 4.08. The highest BCUT2D eigenvalue weighted by molar-refractivity contribution is 6.30. The van der Waals surface area contributed by atoms with Crippen LogP contribution < -0.4 is 10.1 Å². The fourth-order valence-electron chi connectivity index (χ4n) is 3.48. The molecule has 0 spiro atoms. The van der Waals surface area contributed by atoms with Gasteiger partial charge >= 0.3 is 0 Å². The lowest BCUT2D eigenvalue weighted by Gasteiger charge is -2.21. The van der Waals surface area contributed by atoms with Gasteiger partial charge in [0.2, 0.25) is 0 Å². The molecule has 20 heavy (non-hydrogen) atoms. The molecule has 1 fully saturated rings. The van der Waals surface area contributed by atoms with Crippen molar-refractivity contribution in [1.82, 2.24) is 5.32 Å². The van der Waals surface area contributed by atoms with Gasteiger partial charge in [-0.05, 0) is 36.6 Å². The van der Waals surface area contributed by atoms with Gasteiger partial charge in [0.1, 0.15) is 5.75 Å². The molecule has 1 aromatic rings. The van der Waals surface area contributed by atoms with Crippen molar-refractivity contribution in [2.24, 2.45) is 5.92 Å². The Morgan fingerprint density at radius 3 is 2.90 bits per heavy atom. The summed E-state index contributed by atoms with van der Waals surface area (Å²) in [6.45, 7) is 2.77. The van der Waals surface area contributed by atoms with E-state index < -0.39 is 0 Å². The molecule has 110 valence electrons. The minimum atomic E-state index is 0.796. The highest BCUT2D eigenvalue weighted by atomic mass is 35.5. The minimum Gasteiger partial charge on any atom is -0.493 e. The predicted octanol–water partition coefficient (Wildman–Crippen LogP) is 4.33. The van der Waals surface area contributed by atoms with Gasteiger partial charge in [0, 0.05) is 23.6 Å². The van der Waals surface area contributed by atoms with E-state index >= 15 is 0 Å². The van der Waals surface area contributed by atoms with Crippen molar-refractivity contribution in [2.45, 2.75) is 51.5 Å². The second-order valence-corrected chi connectivity index (χ2v) is 6.56. The number of hydrogen-bond donors (Lipinski definition) is 1. The summed E-state index contributed by atoms with van der Waals surface area (Å²) in [6.07, 6.45) is 9.46. The van der Waals surface area contributed by atoms with Crippen molar-refractivity contribution in [3.05, 3.63) is 28.3 Å². The Labute approximate surface area is 126 Å². The summed E-state index contributed by atoms with van der Waals surface area (Å²) in [5, 5.41) is 4.40. The Hall–Kier alpha value is -0.730. The van der Waals surface area contributed by atoms with Gasteiger partial charge in [0.25, 0.3) is 0 Å². The summed E-state index contributed by atoms with van der Waals surface area (Å²) in [5.74, 6) is 2.01. The van der Waals surface area contributed by atoms with Gasteiger partial charge in [-0.3, -0.25) is 0 Å². The lowest BCUT2D eigenvalue weighted by molar-refractivity contribution is 0.332. The van der Waals surface area contributed by atoms with Gasteiger partial charge in [0.15, 0.2) is 0 Å². The topological polar surface area (TPSA) is 21.3 Å². The summed E-state index contributed by atoms with van der Waals surface area (Å²) >= 11 is 6.18. The first kappa shape index (κ1) is 14.2. The van der Waals surface area contributed by atoms with Crippen molar-refractivity contribution in [2.75, 3.05) is 13.2 Å². The number of halogens is 1. The lowest BCUT2D eigenvalue weighted by Crippen LogP contribution is -2.19. The molecule has 1 N–H and O–H groups in total. The number of hydrogen-bond acceptors (Lipinski definition) is 2. The third kappa shape index (κ3) is 3.48. The van der Waals surface area contributed by atoms with Crippen LogP contribution in [0.25, 0.3) is 0 Å². The molecular weight excluding hydrogens is 270 g/mol. The smallest absolute Gasteiger partial charge is 0.127 e. The molecule has 2 nitrogen and oxygen atoms in total. The molecule has 2 aliphatic rings. The van der Waals surface area contributed by atoms with Crippen LogP contribution in [0.4, 0.5) is 0 Å². The molecule has 1 aliphatic carbocycles. The predicted molar refractivity (Wildman–Crippen MR) is 83.5 cm³/mol. The van der Waals surface area contributed by atoms with E-state index in [1.807, 2.05) is 12.1 Å². The maximum atomic E-state index is 6.18. The fourth-order valence-corrected chi connectivity index (χ4v) is 3.75. The first-order chi connectivity index (χ1) is 9.83. The van der Waals surface area contributed by atoms with Gasteiger partial charge in [0.05, 0.1) is 6.61 Å². The van der Waals surface area contributed by atoms with Crippen molar-refractivity contribution >= 4 is 11.6 Å². The van der Waals surface area contributed by atoms with E-state index in [1.165, 1.54) is 49.7 Å². The summed E-state index contributed by atoms with van der Waals surface area (Å²) in [7, 11) is 0. The van der Waals surface area contributed by atoms with Crippen LogP contribution in [-0.4, -0.2) is 13.2 Å². The molecule has 0 atom stereocenters. The summed E-state index contributed by atoms with van der Waals surface area (Å²) < 4.78 is 5.73. The van der Waals surface area contributed by atoms with Crippen LogP contribution in [0.15, 0.2) is 12.1 Å². The summed E-state index contributed by atoms with van der Waals surface area (Å²) in [4.78, 5) is 0. The average Bonchev–Trinajstić information content (AvgIpc) is 2.92. The third-order valence-corrected chi connectivity index (χ3v) is 4.81. The first-order valence-electron chi connectivity index (χ1n) is 7.98. The van der Waals surface area contributed by atoms with Crippen LogP contribution in [0.1, 0.15) is 49.7 Å². The van der Waals surface area contributed by atoms with E-state index in [2.05, 4.69) is 5.32 Å². The third-order valence-electron chi connectivity index (χ3n) is 4.59.